The maximum Gasteiger partial charge on any atom is 0.231 e. The van der Waals surface area contributed by atoms with Crippen molar-refractivity contribution in [1.82, 2.24) is 4.98 Å². The molecule has 4 nitrogen and oxygen atoms in total. The molecule has 1 aliphatic rings. The molecule has 6 heteroatoms. The van der Waals surface area contributed by atoms with Crippen molar-refractivity contribution in [3.63, 3.8) is 0 Å². The molecular formula is C22H23N3OS2. The summed E-state index contributed by atoms with van der Waals surface area (Å²) >= 11 is 3.49. The average molecular weight is 410 g/mol. The van der Waals surface area contributed by atoms with Gasteiger partial charge in [-0.3, -0.25) is 4.79 Å². The van der Waals surface area contributed by atoms with Gasteiger partial charge in [-0.25, -0.2) is 4.98 Å². The lowest BCUT2D eigenvalue weighted by Gasteiger charge is -2.23. The van der Waals surface area contributed by atoms with Gasteiger partial charge in [0.05, 0.1) is 24.3 Å². The first-order valence-electron chi connectivity index (χ1n) is 9.44. The van der Waals surface area contributed by atoms with Gasteiger partial charge in [0.25, 0.3) is 0 Å². The Morgan fingerprint density at radius 3 is 2.86 bits per heavy atom. The summed E-state index contributed by atoms with van der Waals surface area (Å²) in [4.78, 5) is 20.8. The Morgan fingerprint density at radius 2 is 2.00 bits per heavy atom. The number of carbonyl (C=O) groups excluding carboxylic acids is 1. The number of nitrogens with one attached hydrogen (secondary N) is 1. The highest BCUT2D eigenvalue weighted by atomic mass is 32.2. The van der Waals surface area contributed by atoms with Gasteiger partial charge in [-0.2, -0.15) is 0 Å². The van der Waals surface area contributed by atoms with Crippen LogP contribution in [0.25, 0.3) is 0 Å². The number of fused-ring (bicyclic) bond motifs is 1. The summed E-state index contributed by atoms with van der Waals surface area (Å²) in [5.41, 5.74) is 4.32. The van der Waals surface area contributed by atoms with Gasteiger partial charge in [-0.1, -0.05) is 29.8 Å². The summed E-state index contributed by atoms with van der Waals surface area (Å²) < 4.78 is 0. The predicted octanol–water partition coefficient (Wildman–Crippen LogP) is 5.14. The zero-order chi connectivity index (χ0) is 19.3. The summed E-state index contributed by atoms with van der Waals surface area (Å²) in [5, 5.41) is 5.88. The van der Waals surface area contributed by atoms with Crippen LogP contribution in [0.1, 0.15) is 22.7 Å². The van der Waals surface area contributed by atoms with Crippen molar-refractivity contribution in [2.45, 2.75) is 31.2 Å². The number of para-hydroxylation sites is 1. The zero-order valence-electron chi connectivity index (χ0n) is 15.9. The number of carbonyl (C=O) groups is 1. The van der Waals surface area contributed by atoms with E-state index in [4.69, 9.17) is 4.98 Å². The van der Waals surface area contributed by atoms with E-state index in [1.165, 1.54) is 16.1 Å². The number of anilines is 2. The van der Waals surface area contributed by atoms with Gasteiger partial charge >= 0.3 is 0 Å². The molecule has 1 N–H and O–H groups in total. The fraction of sp³-hybridized carbons (Fsp3) is 0.273. The number of thiazole rings is 1. The van der Waals surface area contributed by atoms with Gasteiger partial charge in [0.15, 0.2) is 0 Å². The van der Waals surface area contributed by atoms with Crippen molar-refractivity contribution in [2.75, 3.05) is 22.5 Å². The molecule has 4 rings (SSSR count). The minimum atomic E-state index is -0.0266. The lowest BCUT2D eigenvalue weighted by molar-refractivity contribution is -0.115. The normalized spacial score (nSPS) is 13.7. The van der Waals surface area contributed by atoms with E-state index in [2.05, 4.69) is 39.9 Å². The second kappa shape index (κ2) is 8.80. The van der Waals surface area contributed by atoms with Crippen LogP contribution in [0.5, 0.6) is 0 Å². The third-order valence-electron chi connectivity index (χ3n) is 4.64. The molecule has 1 aliphatic heterocycles. The van der Waals surface area contributed by atoms with Crippen LogP contribution in [-0.2, 0) is 17.8 Å². The van der Waals surface area contributed by atoms with E-state index in [1.807, 2.05) is 43.0 Å². The second-order valence-corrected chi connectivity index (χ2v) is 8.99. The van der Waals surface area contributed by atoms with Crippen LogP contribution in [0.15, 0.2) is 58.8 Å². The summed E-state index contributed by atoms with van der Waals surface area (Å²) in [6.45, 7) is 3.85. The molecule has 0 atom stereocenters. The monoisotopic (exact) mass is 409 g/mol. The molecule has 3 aromatic rings. The number of aromatic nitrogens is 1. The van der Waals surface area contributed by atoms with Gasteiger partial charge in [0, 0.05) is 22.5 Å². The van der Waals surface area contributed by atoms with Gasteiger partial charge in [0.2, 0.25) is 5.91 Å². The Balaban J connectivity index is 1.39. The van der Waals surface area contributed by atoms with Crippen molar-refractivity contribution >= 4 is 40.4 Å². The molecule has 144 valence electrons. The van der Waals surface area contributed by atoms with Gasteiger partial charge in [-0.15, -0.1) is 23.1 Å². The Labute approximate surface area is 174 Å². The molecule has 2 heterocycles. The highest BCUT2D eigenvalue weighted by molar-refractivity contribution is 7.99. The van der Waals surface area contributed by atoms with E-state index in [-0.39, 0.29) is 5.91 Å². The lowest BCUT2D eigenvalue weighted by Crippen LogP contribution is -2.23. The van der Waals surface area contributed by atoms with Crippen molar-refractivity contribution < 1.29 is 4.79 Å². The quantitative estimate of drug-likeness (QED) is 0.634. The smallest absolute Gasteiger partial charge is 0.231 e. The molecule has 0 radical (unpaired) electrons. The molecule has 0 spiro atoms. The SMILES string of the molecule is Cc1ccc(NC(=O)Cc2nc(CN3CCCSc4ccccc43)cs2)cc1. The fourth-order valence-corrected chi connectivity index (χ4v) is 5.04. The van der Waals surface area contributed by atoms with Crippen molar-refractivity contribution in [3.05, 3.63) is 70.2 Å². The molecule has 28 heavy (non-hydrogen) atoms. The van der Waals surface area contributed by atoms with E-state index in [9.17, 15) is 4.79 Å². The molecule has 0 saturated heterocycles. The number of hydrogen-bond acceptors (Lipinski definition) is 5. The average Bonchev–Trinajstić information content (AvgIpc) is 3.02. The number of thioether (sulfide) groups is 1. The van der Waals surface area contributed by atoms with Crippen LogP contribution in [0, 0.1) is 6.92 Å². The number of benzene rings is 2. The lowest BCUT2D eigenvalue weighted by atomic mass is 10.2. The molecule has 0 saturated carbocycles. The molecule has 1 amide bonds. The summed E-state index contributed by atoms with van der Waals surface area (Å²) in [7, 11) is 0. The Kier molecular flexibility index (Phi) is 5.98. The predicted molar refractivity (Wildman–Crippen MR) is 118 cm³/mol. The highest BCUT2D eigenvalue weighted by Crippen LogP contribution is 2.34. The molecule has 0 aliphatic carbocycles. The van der Waals surface area contributed by atoms with Crippen molar-refractivity contribution in [3.8, 4) is 0 Å². The molecule has 0 bridgehead atoms. The highest BCUT2D eigenvalue weighted by Gasteiger charge is 2.17. The number of rotatable bonds is 5. The molecule has 0 unspecified atom stereocenters. The maximum atomic E-state index is 12.3. The van der Waals surface area contributed by atoms with E-state index in [0.29, 0.717) is 6.42 Å². The zero-order valence-corrected chi connectivity index (χ0v) is 17.5. The number of aryl methyl sites for hydroxylation is 1. The molecule has 0 fully saturated rings. The summed E-state index contributed by atoms with van der Waals surface area (Å²) in [6, 6.07) is 16.4. The summed E-state index contributed by atoms with van der Waals surface area (Å²) in [5.74, 6) is 1.12. The van der Waals surface area contributed by atoms with E-state index in [1.54, 1.807) is 11.3 Å². The van der Waals surface area contributed by atoms with Crippen LogP contribution in [0.3, 0.4) is 0 Å². The summed E-state index contributed by atoms with van der Waals surface area (Å²) in [6.07, 6.45) is 1.47. The van der Waals surface area contributed by atoms with E-state index in [0.717, 1.165) is 41.7 Å². The topological polar surface area (TPSA) is 45.2 Å². The van der Waals surface area contributed by atoms with Crippen LogP contribution >= 0.6 is 23.1 Å². The molecule has 2 aromatic carbocycles. The number of amides is 1. The molecule has 1 aromatic heterocycles. The Bertz CT molecular complexity index is 952. The van der Waals surface area contributed by atoms with Crippen LogP contribution in [0.2, 0.25) is 0 Å². The Hall–Kier alpha value is -2.31. The first-order chi connectivity index (χ1) is 13.7. The number of nitrogens with zero attached hydrogens (tertiary/aromatic N) is 2. The van der Waals surface area contributed by atoms with Crippen LogP contribution in [0.4, 0.5) is 11.4 Å². The van der Waals surface area contributed by atoms with E-state index >= 15 is 0 Å². The largest absolute Gasteiger partial charge is 0.365 e. The first kappa shape index (κ1) is 19.0. The minimum absolute atomic E-state index is 0.0266. The maximum absolute atomic E-state index is 12.3. The molecular weight excluding hydrogens is 386 g/mol. The van der Waals surface area contributed by atoms with Gasteiger partial charge in [-0.05, 0) is 43.4 Å². The van der Waals surface area contributed by atoms with Crippen LogP contribution in [-0.4, -0.2) is 23.2 Å². The van der Waals surface area contributed by atoms with Crippen molar-refractivity contribution in [2.24, 2.45) is 0 Å². The second-order valence-electron chi connectivity index (χ2n) is 6.91. The fourth-order valence-electron chi connectivity index (χ4n) is 3.24. The number of hydrogen-bond donors (Lipinski definition) is 1. The standard InChI is InChI=1S/C22H23N3OS2/c1-16-7-9-17(10-8-16)23-21(26)13-22-24-18(15-28-22)14-25-11-4-12-27-20-6-3-2-5-19(20)25/h2-3,5-10,15H,4,11-14H2,1H3,(H,23,26). The Morgan fingerprint density at radius 1 is 1.18 bits per heavy atom. The third-order valence-corrected chi connectivity index (χ3v) is 6.68. The van der Waals surface area contributed by atoms with Crippen LogP contribution < -0.4 is 10.2 Å². The van der Waals surface area contributed by atoms with Gasteiger partial charge < -0.3 is 10.2 Å². The first-order valence-corrected chi connectivity index (χ1v) is 11.3. The van der Waals surface area contributed by atoms with Gasteiger partial charge in [0.1, 0.15) is 5.01 Å². The van der Waals surface area contributed by atoms with E-state index < -0.39 is 0 Å². The van der Waals surface area contributed by atoms with Crippen molar-refractivity contribution in [1.29, 1.82) is 0 Å². The minimum Gasteiger partial charge on any atom is -0.365 e. The third kappa shape index (κ3) is 4.75.